The lowest BCUT2D eigenvalue weighted by molar-refractivity contribution is 0.673. The monoisotopic (exact) mass is 865 g/mol. The Hall–Kier alpha value is -8.98. The Morgan fingerprint density at radius 3 is 1.51 bits per heavy atom. The summed E-state index contributed by atoms with van der Waals surface area (Å²) >= 11 is 0. The Labute approximate surface area is 395 Å². The fraction of sp³-hybridized carbons (Fsp3) is 0. The van der Waals surface area contributed by atoms with E-state index in [4.69, 9.17) is 4.42 Å². The molecule has 0 aliphatic rings. The Morgan fingerprint density at radius 1 is 0.279 bits per heavy atom. The first-order chi connectivity index (χ1) is 33.8. The maximum absolute atomic E-state index is 6.73. The highest BCUT2D eigenvalue weighted by molar-refractivity contribution is 6.23. The van der Waals surface area contributed by atoms with E-state index >= 15 is 0 Å². The van der Waals surface area contributed by atoms with Gasteiger partial charge in [0.25, 0.3) is 0 Å². The van der Waals surface area contributed by atoms with Gasteiger partial charge in [0, 0.05) is 33.0 Å². The fourth-order valence-electron chi connectivity index (χ4n) is 10.6. The summed E-state index contributed by atoms with van der Waals surface area (Å²) in [4.78, 5) is 2.43. The van der Waals surface area contributed by atoms with Crippen molar-refractivity contribution in [3.05, 3.63) is 261 Å². The summed E-state index contributed by atoms with van der Waals surface area (Å²) in [5.41, 5.74) is 16.8. The van der Waals surface area contributed by atoms with Crippen molar-refractivity contribution in [2.45, 2.75) is 0 Å². The number of fused-ring (bicyclic) bond motifs is 8. The predicted molar refractivity (Wildman–Crippen MR) is 288 cm³/mol. The van der Waals surface area contributed by atoms with Gasteiger partial charge in [0.1, 0.15) is 11.2 Å². The smallest absolute Gasteiger partial charge is 0.143 e. The minimum atomic E-state index is 0.874. The van der Waals surface area contributed by atoms with Gasteiger partial charge in [-0.3, -0.25) is 0 Å². The summed E-state index contributed by atoms with van der Waals surface area (Å²) in [6, 6.07) is 94.4. The number of furan rings is 1. The van der Waals surface area contributed by atoms with E-state index in [0.29, 0.717) is 0 Å². The van der Waals surface area contributed by atoms with Crippen LogP contribution in [0, 0.1) is 0 Å². The van der Waals surface area contributed by atoms with Crippen LogP contribution >= 0.6 is 0 Å². The van der Waals surface area contributed by atoms with Crippen molar-refractivity contribution in [2.75, 3.05) is 4.90 Å². The van der Waals surface area contributed by atoms with Crippen LogP contribution < -0.4 is 4.90 Å². The van der Waals surface area contributed by atoms with Crippen molar-refractivity contribution in [3.8, 4) is 55.6 Å². The van der Waals surface area contributed by atoms with Gasteiger partial charge in [-0.25, -0.2) is 0 Å². The number of hydrogen-bond acceptors (Lipinski definition) is 2. The second-order valence-electron chi connectivity index (χ2n) is 17.5. The molecule has 2 heteroatoms. The van der Waals surface area contributed by atoms with Gasteiger partial charge in [-0.05, 0) is 114 Å². The Morgan fingerprint density at radius 2 is 0.794 bits per heavy atom. The molecule has 0 fully saturated rings. The zero-order valence-electron chi connectivity index (χ0n) is 37.2. The summed E-state index contributed by atoms with van der Waals surface area (Å²) in [5, 5.41) is 9.49. The van der Waals surface area contributed by atoms with Crippen molar-refractivity contribution < 1.29 is 4.42 Å². The molecule has 0 radical (unpaired) electrons. The van der Waals surface area contributed by atoms with E-state index < -0.39 is 0 Å². The van der Waals surface area contributed by atoms with E-state index in [1.54, 1.807) is 0 Å². The van der Waals surface area contributed by atoms with Gasteiger partial charge in [0.15, 0.2) is 0 Å². The number of nitrogens with zero attached hydrogens (tertiary/aromatic N) is 1. The summed E-state index contributed by atoms with van der Waals surface area (Å²) < 4.78 is 6.73. The van der Waals surface area contributed by atoms with E-state index in [1.165, 1.54) is 49.2 Å². The molecule has 0 amide bonds. The average molecular weight is 866 g/mol. The molecule has 0 spiro atoms. The van der Waals surface area contributed by atoms with Gasteiger partial charge < -0.3 is 9.32 Å². The molecule has 1 aromatic heterocycles. The van der Waals surface area contributed by atoms with Crippen LogP contribution in [0.3, 0.4) is 0 Å². The first-order valence-corrected chi connectivity index (χ1v) is 23.3. The quantitative estimate of drug-likeness (QED) is 0.142. The zero-order valence-corrected chi connectivity index (χ0v) is 37.2. The van der Waals surface area contributed by atoms with Crippen molar-refractivity contribution in [2.24, 2.45) is 0 Å². The minimum absolute atomic E-state index is 0.874. The van der Waals surface area contributed by atoms with Crippen LogP contribution in [-0.4, -0.2) is 0 Å². The number of hydrogen-bond donors (Lipinski definition) is 0. The zero-order chi connectivity index (χ0) is 45.0. The molecular weight excluding hydrogens is 823 g/mol. The minimum Gasteiger partial charge on any atom is -0.455 e. The Balaban J connectivity index is 1.00. The molecule has 0 saturated heterocycles. The van der Waals surface area contributed by atoms with E-state index in [-0.39, 0.29) is 0 Å². The molecule has 0 saturated carbocycles. The summed E-state index contributed by atoms with van der Waals surface area (Å²) in [6.07, 6.45) is 0. The lowest BCUT2D eigenvalue weighted by Crippen LogP contribution is -2.12. The third-order valence-corrected chi connectivity index (χ3v) is 13.7. The molecule has 0 atom stereocenters. The van der Waals surface area contributed by atoms with Crippen LogP contribution in [0.5, 0.6) is 0 Å². The topological polar surface area (TPSA) is 16.4 Å². The number of anilines is 3. The molecule has 0 unspecified atom stereocenters. The number of para-hydroxylation sites is 2. The Bertz CT molecular complexity index is 4000. The van der Waals surface area contributed by atoms with Crippen molar-refractivity contribution in [1.29, 1.82) is 0 Å². The fourth-order valence-corrected chi connectivity index (χ4v) is 10.6. The molecule has 0 N–H and O–H groups in total. The van der Waals surface area contributed by atoms with Crippen LogP contribution in [0.4, 0.5) is 17.1 Å². The average Bonchev–Trinajstić information content (AvgIpc) is 3.82. The maximum Gasteiger partial charge on any atom is 0.143 e. The van der Waals surface area contributed by atoms with Crippen LogP contribution in [0.1, 0.15) is 0 Å². The molecule has 1 heterocycles. The van der Waals surface area contributed by atoms with Crippen LogP contribution in [0.2, 0.25) is 0 Å². The second-order valence-corrected chi connectivity index (χ2v) is 17.5. The first-order valence-electron chi connectivity index (χ1n) is 23.3. The molecule has 318 valence electrons. The van der Waals surface area contributed by atoms with Crippen molar-refractivity contribution >= 4 is 71.3 Å². The molecule has 0 aliphatic carbocycles. The molecule has 12 aromatic carbocycles. The summed E-state index contributed by atoms with van der Waals surface area (Å²) in [6.45, 7) is 0. The van der Waals surface area contributed by atoms with Crippen LogP contribution in [0.25, 0.3) is 110 Å². The third-order valence-electron chi connectivity index (χ3n) is 13.7. The van der Waals surface area contributed by atoms with Gasteiger partial charge >= 0.3 is 0 Å². The molecule has 13 aromatic rings. The maximum atomic E-state index is 6.73. The van der Waals surface area contributed by atoms with Gasteiger partial charge in [0.2, 0.25) is 0 Å². The second kappa shape index (κ2) is 16.5. The number of rotatable bonds is 8. The normalized spacial score (nSPS) is 11.5. The molecule has 0 bridgehead atoms. The first kappa shape index (κ1) is 39.4. The number of benzene rings is 12. The lowest BCUT2D eigenvalue weighted by Gasteiger charge is -2.30. The standard InChI is InChI=1S/C66H43NO/c1-4-19-45(20-5-1)51-26-14-16-32-60(51)67(61-33-17-15-29-55(61)57-31-18-34-62-65(57)58-42-37-46-21-10-11-27-52(46)66(58)68-62)50-39-35-44(36-40-50)49-38-41-54-53-28-12-13-30-56(53)63(47-22-6-2-7-23-47)64(59(54)43-49)48-24-8-3-9-25-48/h1-43H. The summed E-state index contributed by atoms with van der Waals surface area (Å²) in [5.74, 6) is 0. The van der Waals surface area contributed by atoms with E-state index in [0.717, 1.165) is 77.8 Å². The van der Waals surface area contributed by atoms with E-state index in [9.17, 15) is 0 Å². The Kier molecular flexibility index (Phi) is 9.54. The van der Waals surface area contributed by atoms with Crippen molar-refractivity contribution in [1.82, 2.24) is 0 Å². The molecular formula is C66H43NO. The molecule has 0 aliphatic heterocycles. The van der Waals surface area contributed by atoms with Gasteiger partial charge in [-0.1, -0.05) is 218 Å². The summed E-state index contributed by atoms with van der Waals surface area (Å²) in [7, 11) is 0. The largest absolute Gasteiger partial charge is 0.455 e. The van der Waals surface area contributed by atoms with Crippen LogP contribution in [0.15, 0.2) is 265 Å². The molecule has 2 nitrogen and oxygen atoms in total. The highest BCUT2D eigenvalue weighted by Crippen LogP contribution is 2.49. The third kappa shape index (κ3) is 6.57. The van der Waals surface area contributed by atoms with Crippen molar-refractivity contribution in [3.63, 3.8) is 0 Å². The predicted octanol–water partition coefficient (Wildman–Crippen LogP) is 18.9. The molecule has 68 heavy (non-hydrogen) atoms. The van der Waals surface area contributed by atoms with Gasteiger partial charge in [0.05, 0.1) is 11.4 Å². The lowest BCUT2D eigenvalue weighted by atomic mass is 9.84. The highest BCUT2D eigenvalue weighted by atomic mass is 16.3. The SMILES string of the molecule is c1ccc(-c2ccccc2N(c2ccc(-c3ccc4c(c3)c(-c3ccccc3)c(-c3ccccc3)c3ccccc34)cc2)c2ccccc2-c2cccc3oc4c5ccccc5ccc4c23)cc1. The highest BCUT2D eigenvalue weighted by Gasteiger charge is 2.24. The van der Waals surface area contributed by atoms with Gasteiger partial charge in [-0.2, -0.15) is 0 Å². The van der Waals surface area contributed by atoms with Crippen LogP contribution in [-0.2, 0) is 0 Å². The van der Waals surface area contributed by atoms with Gasteiger partial charge in [-0.15, -0.1) is 0 Å². The van der Waals surface area contributed by atoms with E-state index in [1.807, 2.05) is 0 Å². The van der Waals surface area contributed by atoms with E-state index in [2.05, 4.69) is 266 Å². The molecule has 13 rings (SSSR count).